The van der Waals surface area contributed by atoms with Gasteiger partial charge in [0.25, 0.3) is 0 Å². The highest BCUT2D eigenvalue weighted by molar-refractivity contribution is 5.22. The lowest BCUT2D eigenvalue weighted by atomic mass is 10.3. The Hall–Kier alpha value is -0.0800. The summed E-state index contributed by atoms with van der Waals surface area (Å²) in [6.45, 7) is 2.20. The van der Waals surface area contributed by atoms with Gasteiger partial charge in [0, 0.05) is 6.04 Å². The van der Waals surface area contributed by atoms with Gasteiger partial charge in [0.15, 0.2) is 0 Å². The summed E-state index contributed by atoms with van der Waals surface area (Å²) in [6, 6.07) is 1.63. The molecule has 2 heterocycles. The van der Waals surface area contributed by atoms with Crippen LogP contribution < -0.4 is 5.73 Å². The molecule has 2 heteroatoms. The molecular formula is C4H8N2. The van der Waals surface area contributed by atoms with Crippen molar-refractivity contribution in [3.8, 4) is 0 Å². The van der Waals surface area contributed by atoms with Gasteiger partial charge in [-0.1, -0.05) is 0 Å². The van der Waals surface area contributed by atoms with Crippen LogP contribution in [0.4, 0.5) is 0 Å². The van der Waals surface area contributed by atoms with Crippen LogP contribution in [-0.2, 0) is 0 Å². The minimum atomic E-state index is 0.458. The summed E-state index contributed by atoms with van der Waals surface area (Å²) in [6.07, 6.45) is 0.458. The van der Waals surface area contributed by atoms with Crippen LogP contribution in [0.15, 0.2) is 0 Å². The first-order valence-corrected chi connectivity index (χ1v) is 2.35. The number of fused-ring (bicyclic) bond motifs is 1. The topological polar surface area (TPSA) is 29.0 Å². The predicted octanol–water partition coefficient (Wildman–Crippen LogP) is -0.643. The van der Waals surface area contributed by atoms with Crippen LogP contribution in [0.3, 0.4) is 0 Å². The summed E-state index contributed by atoms with van der Waals surface area (Å²) in [5, 5.41) is 0. The largest absolute Gasteiger partial charge is 0.314 e. The van der Waals surface area contributed by atoms with E-state index in [4.69, 9.17) is 5.73 Å². The Balaban J connectivity index is 2.06. The Bertz CT molecular complexity index is 71.5. The fourth-order valence-electron chi connectivity index (χ4n) is 1.14. The third-order valence-electron chi connectivity index (χ3n) is 1.82. The number of nitrogens with two attached hydrogens (primary N) is 1. The maximum atomic E-state index is 5.43. The second-order valence-electron chi connectivity index (χ2n) is 2.17. The van der Waals surface area contributed by atoms with E-state index in [1.165, 1.54) is 0 Å². The molecule has 0 spiro atoms. The molecule has 0 radical (unpaired) electrons. The molecule has 2 nitrogen and oxygen atoms in total. The molecule has 34 valence electrons. The molecule has 2 rings (SSSR count). The molecule has 2 fully saturated rings. The zero-order chi connectivity index (χ0) is 4.31. The van der Waals surface area contributed by atoms with E-state index in [-0.39, 0.29) is 0 Å². The van der Waals surface area contributed by atoms with Crippen LogP contribution in [0, 0.1) is 0 Å². The molecule has 2 aliphatic heterocycles. The molecule has 0 aromatic carbocycles. The standard InChI is InChI=1S/C4H8N2/c1-2-3-4(5)6(2)3/h2-4H,5H2,1H3/t2-,3?,4?,6?/m1/s1. The first-order chi connectivity index (χ1) is 2.82. The van der Waals surface area contributed by atoms with Gasteiger partial charge in [0.2, 0.25) is 0 Å². The second-order valence-corrected chi connectivity index (χ2v) is 2.17. The molecule has 0 aromatic rings. The van der Waals surface area contributed by atoms with E-state index in [0.717, 1.165) is 12.1 Å². The summed E-state index contributed by atoms with van der Waals surface area (Å²) in [5.74, 6) is 0. The zero-order valence-electron chi connectivity index (χ0n) is 3.76. The summed E-state index contributed by atoms with van der Waals surface area (Å²) >= 11 is 0. The van der Waals surface area contributed by atoms with Gasteiger partial charge in [-0.2, -0.15) is 0 Å². The molecule has 0 aromatic heterocycles. The maximum absolute atomic E-state index is 5.43. The summed E-state index contributed by atoms with van der Waals surface area (Å²) < 4.78 is 0. The van der Waals surface area contributed by atoms with Crippen molar-refractivity contribution in [2.24, 2.45) is 5.73 Å². The molecule has 2 aliphatic rings. The minimum absolute atomic E-state index is 0.458. The summed E-state index contributed by atoms with van der Waals surface area (Å²) in [4.78, 5) is 2.28. The molecule has 2 N–H and O–H groups in total. The number of hydrogen-bond acceptors (Lipinski definition) is 2. The van der Waals surface area contributed by atoms with Gasteiger partial charge < -0.3 is 5.73 Å². The Labute approximate surface area is 36.9 Å². The predicted molar refractivity (Wildman–Crippen MR) is 23.1 cm³/mol. The molecule has 4 atom stereocenters. The summed E-state index contributed by atoms with van der Waals surface area (Å²) in [7, 11) is 0. The highest BCUT2D eigenvalue weighted by Gasteiger charge is 2.67. The fraction of sp³-hybridized carbons (Fsp3) is 1.00. The first-order valence-electron chi connectivity index (χ1n) is 2.35. The lowest BCUT2D eigenvalue weighted by molar-refractivity contribution is 0.555. The molecule has 0 bridgehead atoms. The quantitative estimate of drug-likeness (QED) is 0.395. The van der Waals surface area contributed by atoms with Gasteiger partial charge in [-0.05, 0) is 6.92 Å². The average molecular weight is 84.1 g/mol. The van der Waals surface area contributed by atoms with Crippen molar-refractivity contribution in [3.05, 3.63) is 0 Å². The van der Waals surface area contributed by atoms with Gasteiger partial charge >= 0.3 is 0 Å². The lowest BCUT2D eigenvalue weighted by Crippen LogP contribution is -2.22. The third-order valence-corrected chi connectivity index (χ3v) is 1.82. The molecule has 0 amide bonds. The number of rotatable bonds is 0. The maximum Gasteiger partial charge on any atom is 0.0755 e. The SMILES string of the molecule is C[C@@H]1C2C(N)N21. The smallest absolute Gasteiger partial charge is 0.0755 e. The van der Waals surface area contributed by atoms with Crippen molar-refractivity contribution in [2.75, 3.05) is 0 Å². The van der Waals surface area contributed by atoms with Crippen molar-refractivity contribution < 1.29 is 0 Å². The van der Waals surface area contributed by atoms with E-state index >= 15 is 0 Å². The highest BCUT2D eigenvalue weighted by atomic mass is 15.6. The minimum Gasteiger partial charge on any atom is -0.314 e. The Kier molecular flexibility index (Phi) is 0.265. The van der Waals surface area contributed by atoms with E-state index in [0.29, 0.717) is 6.17 Å². The molecule has 0 saturated carbocycles. The van der Waals surface area contributed by atoms with E-state index in [2.05, 4.69) is 11.8 Å². The Morgan fingerprint density at radius 1 is 1.67 bits per heavy atom. The van der Waals surface area contributed by atoms with Gasteiger partial charge in [0.05, 0.1) is 12.2 Å². The van der Waals surface area contributed by atoms with Gasteiger partial charge in [-0.3, -0.25) is 4.90 Å². The van der Waals surface area contributed by atoms with Crippen molar-refractivity contribution in [3.63, 3.8) is 0 Å². The zero-order valence-corrected chi connectivity index (χ0v) is 3.76. The van der Waals surface area contributed by atoms with E-state index in [1.807, 2.05) is 0 Å². The Morgan fingerprint density at radius 2 is 2.17 bits per heavy atom. The normalized spacial score (nSPS) is 73.0. The van der Waals surface area contributed by atoms with Crippen LogP contribution >= 0.6 is 0 Å². The highest BCUT2D eigenvalue weighted by Crippen LogP contribution is 2.47. The van der Waals surface area contributed by atoms with Gasteiger partial charge in [-0.25, -0.2) is 0 Å². The molecule has 3 unspecified atom stereocenters. The number of nitrogens with zero attached hydrogens (tertiary/aromatic N) is 1. The van der Waals surface area contributed by atoms with E-state index in [9.17, 15) is 0 Å². The van der Waals surface area contributed by atoms with Crippen LogP contribution in [0.5, 0.6) is 0 Å². The second kappa shape index (κ2) is 0.532. The Morgan fingerprint density at radius 3 is 2.17 bits per heavy atom. The third kappa shape index (κ3) is 0.132. The molecule has 0 aliphatic carbocycles. The van der Waals surface area contributed by atoms with Crippen LogP contribution in [0.25, 0.3) is 0 Å². The van der Waals surface area contributed by atoms with Gasteiger partial charge in [-0.15, -0.1) is 0 Å². The monoisotopic (exact) mass is 84.1 g/mol. The van der Waals surface area contributed by atoms with Crippen molar-refractivity contribution in [1.29, 1.82) is 0 Å². The van der Waals surface area contributed by atoms with Crippen LogP contribution in [-0.4, -0.2) is 23.1 Å². The fourth-order valence-corrected chi connectivity index (χ4v) is 1.14. The average Bonchev–Trinajstić information content (AvgIpc) is 2.28. The molecular weight excluding hydrogens is 76.1 g/mol. The van der Waals surface area contributed by atoms with Gasteiger partial charge in [0.1, 0.15) is 0 Å². The van der Waals surface area contributed by atoms with Crippen molar-refractivity contribution >= 4 is 0 Å². The molecule has 2 saturated heterocycles. The van der Waals surface area contributed by atoms with E-state index in [1.54, 1.807) is 0 Å². The van der Waals surface area contributed by atoms with Crippen molar-refractivity contribution in [2.45, 2.75) is 25.2 Å². The van der Waals surface area contributed by atoms with Crippen molar-refractivity contribution in [1.82, 2.24) is 4.90 Å². The molecule has 6 heavy (non-hydrogen) atoms. The first kappa shape index (κ1) is 2.99. The van der Waals surface area contributed by atoms with Crippen LogP contribution in [0.2, 0.25) is 0 Å². The lowest BCUT2D eigenvalue weighted by Gasteiger charge is -1.94. The number of hydrogen-bond donors (Lipinski definition) is 1. The van der Waals surface area contributed by atoms with E-state index < -0.39 is 0 Å². The summed E-state index contributed by atoms with van der Waals surface area (Å²) in [5.41, 5.74) is 5.43. The van der Waals surface area contributed by atoms with Crippen LogP contribution in [0.1, 0.15) is 6.92 Å².